The van der Waals surface area contributed by atoms with Crippen LogP contribution in [-0.2, 0) is 0 Å². The van der Waals surface area contributed by atoms with Crippen LogP contribution >= 0.6 is 11.6 Å². The lowest BCUT2D eigenvalue weighted by molar-refractivity contribution is 0.498. The molecular formula is C14H16ClFN4. The molecule has 2 heterocycles. The van der Waals surface area contributed by atoms with Crippen molar-refractivity contribution < 1.29 is 4.39 Å². The van der Waals surface area contributed by atoms with Gasteiger partial charge in [-0.1, -0.05) is 11.6 Å². The summed E-state index contributed by atoms with van der Waals surface area (Å²) < 4.78 is 13.1. The highest BCUT2D eigenvalue weighted by atomic mass is 35.5. The molecule has 0 unspecified atom stereocenters. The lowest BCUT2D eigenvalue weighted by atomic mass is 10.1. The van der Waals surface area contributed by atoms with Crippen molar-refractivity contribution in [1.82, 2.24) is 10.2 Å². The molecule has 1 aliphatic rings. The molecule has 1 aliphatic heterocycles. The van der Waals surface area contributed by atoms with E-state index in [1.807, 2.05) is 6.07 Å². The summed E-state index contributed by atoms with van der Waals surface area (Å²) in [5, 5.41) is 7.65. The molecule has 3 rings (SSSR count). The van der Waals surface area contributed by atoms with Gasteiger partial charge >= 0.3 is 0 Å². The summed E-state index contributed by atoms with van der Waals surface area (Å²) >= 11 is 6.06. The number of H-pyrrole nitrogens is 1. The molecule has 0 bridgehead atoms. The van der Waals surface area contributed by atoms with Crippen molar-refractivity contribution in [3.8, 4) is 11.3 Å². The number of nitrogens with one attached hydrogen (secondary N) is 1. The summed E-state index contributed by atoms with van der Waals surface area (Å²) in [6, 6.07) is 6.58. The van der Waals surface area contributed by atoms with Crippen molar-refractivity contribution in [1.29, 1.82) is 0 Å². The van der Waals surface area contributed by atoms with Crippen LogP contribution in [0.25, 0.3) is 11.3 Å². The number of piperidine rings is 1. The van der Waals surface area contributed by atoms with E-state index in [9.17, 15) is 4.39 Å². The molecule has 0 aliphatic carbocycles. The fraction of sp³-hybridized carbons (Fsp3) is 0.357. The molecular weight excluding hydrogens is 279 g/mol. The minimum Gasteiger partial charge on any atom is -0.355 e. The molecule has 1 fully saturated rings. The molecule has 0 radical (unpaired) electrons. The number of rotatable bonds is 2. The first-order valence-electron chi connectivity index (χ1n) is 6.65. The summed E-state index contributed by atoms with van der Waals surface area (Å²) in [7, 11) is 0. The summed E-state index contributed by atoms with van der Waals surface area (Å²) in [6.45, 7) is 1.81. The summed E-state index contributed by atoms with van der Waals surface area (Å²) in [5.74, 6) is 0.538. The number of nitrogens with zero attached hydrogens (tertiary/aromatic N) is 2. The first kappa shape index (κ1) is 13.4. The van der Waals surface area contributed by atoms with Gasteiger partial charge in [0.15, 0.2) is 5.82 Å². The largest absolute Gasteiger partial charge is 0.355 e. The summed E-state index contributed by atoms with van der Waals surface area (Å²) in [5.41, 5.74) is 7.44. The Morgan fingerprint density at radius 1 is 1.30 bits per heavy atom. The molecule has 106 valence electrons. The first-order valence-corrected chi connectivity index (χ1v) is 7.02. The Morgan fingerprint density at radius 2 is 2.05 bits per heavy atom. The molecule has 0 atom stereocenters. The van der Waals surface area contributed by atoms with E-state index in [1.54, 1.807) is 6.07 Å². The molecule has 4 nitrogen and oxygen atoms in total. The van der Waals surface area contributed by atoms with Crippen molar-refractivity contribution in [2.45, 2.75) is 18.9 Å². The number of benzene rings is 1. The Balaban J connectivity index is 1.83. The average Bonchev–Trinajstić information content (AvgIpc) is 2.89. The van der Waals surface area contributed by atoms with Crippen molar-refractivity contribution in [2.24, 2.45) is 5.73 Å². The second-order valence-electron chi connectivity index (χ2n) is 5.09. The number of aromatic amines is 1. The molecule has 0 spiro atoms. The molecule has 3 N–H and O–H groups in total. The Kier molecular flexibility index (Phi) is 3.63. The van der Waals surface area contributed by atoms with Crippen LogP contribution in [-0.4, -0.2) is 29.3 Å². The van der Waals surface area contributed by atoms with Gasteiger partial charge in [-0.3, -0.25) is 5.10 Å². The number of nitrogens with two attached hydrogens (primary N) is 1. The third-order valence-corrected chi connectivity index (χ3v) is 3.96. The van der Waals surface area contributed by atoms with Gasteiger partial charge in [0.2, 0.25) is 0 Å². The zero-order valence-electron chi connectivity index (χ0n) is 10.9. The van der Waals surface area contributed by atoms with Crippen LogP contribution in [0.3, 0.4) is 0 Å². The average molecular weight is 295 g/mol. The second kappa shape index (κ2) is 5.42. The van der Waals surface area contributed by atoms with E-state index in [4.69, 9.17) is 17.3 Å². The van der Waals surface area contributed by atoms with Gasteiger partial charge in [-0.25, -0.2) is 4.39 Å². The topological polar surface area (TPSA) is 57.9 Å². The molecule has 2 aromatic rings. The van der Waals surface area contributed by atoms with Gasteiger partial charge in [-0.2, -0.15) is 5.10 Å². The predicted octanol–water partition coefficient (Wildman–Crippen LogP) is 2.80. The number of hydrogen-bond acceptors (Lipinski definition) is 3. The molecule has 20 heavy (non-hydrogen) atoms. The fourth-order valence-electron chi connectivity index (χ4n) is 2.45. The molecule has 0 saturated carbocycles. The van der Waals surface area contributed by atoms with Crippen LogP contribution in [0, 0.1) is 5.82 Å². The van der Waals surface area contributed by atoms with Crippen LogP contribution in [0.4, 0.5) is 10.2 Å². The number of hydrogen-bond donors (Lipinski definition) is 2. The van der Waals surface area contributed by atoms with Crippen molar-refractivity contribution in [3.63, 3.8) is 0 Å². The first-order chi connectivity index (χ1) is 9.63. The van der Waals surface area contributed by atoms with Crippen molar-refractivity contribution in [2.75, 3.05) is 18.0 Å². The van der Waals surface area contributed by atoms with E-state index in [2.05, 4.69) is 15.1 Å². The normalized spacial score (nSPS) is 16.6. The minimum absolute atomic E-state index is 0.288. The molecule has 1 saturated heterocycles. The van der Waals surface area contributed by atoms with Crippen LogP contribution in [0.2, 0.25) is 5.02 Å². The van der Waals surface area contributed by atoms with Crippen molar-refractivity contribution in [3.05, 3.63) is 35.1 Å². The van der Waals surface area contributed by atoms with Gasteiger partial charge < -0.3 is 10.6 Å². The van der Waals surface area contributed by atoms with E-state index in [0.29, 0.717) is 5.02 Å². The zero-order valence-corrected chi connectivity index (χ0v) is 11.7. The summed E-state index contributed by atoms with van der Waals surface area (Å²) in [4.78, 5) is 2.20. The maximum absolute atomic E-state index is 13.1. The number of aromatic nitrogens is 2. The van der Waals surface area contributed by atoms with Crippen LogP contribution in [0.15, 0.2) is 24.3 Å². The quantitative estimate of drug-likeness (QED) is 0.895. The number of halogens is 2. The highest BCUT2D eigenvalue weighted by molar-refractivity contribution is 6.33. The van der Waals surface area contributed by atoms with E-state index in [1.165, 1.54) is 12.1 Å². The van der Waals surface area contributed by atoms with Gasteiger partial charge in [0.05, 0.1) is 10.7 Å². The maximum Gasteiger partial charge on any atom is 0.150 e. The minimum atomic E-state index is -0.344. The van der Waals surface area contributed by atoms with E-state index < -0.39 is 0 Å². The molecule has 0 amide bonds. The molecule has 6 heteroatoms. The Bertz CT molecular complexity index is 605. The van der Waals surface area contributed by atoms with Crippen molar-refractivity contribution >= 4 is 17.4 Å². The van der Waals surface area contributed by atoms with Gasteiger partial charge in [0.1, 0.15) is 5.82 Å². The second-order valence-corrected chi connectivity index (χ2v) is 5.50. The number of anilines is 1. The third-order valence-electron chi connectivity index (χ3n) is 3.65. The SMILES string of the molecule is NC1CCN(c2cc(-c3ccc(F)cc3Cl)[nH]n2)CC1. The monoisotopic (exact) mass is 294 g/mol. The standard InChI is InChI=1S/C14H16ClFN4/c15-12-7-9(16)1-2-11(12)13-8-14(19-18-13)20-5-3-10(17)4-6-20/h1-2,7-8,10H,3-6,17H2,(H,18,19). The highest BCUT2D eigenvalue weighted by Gasteiger charge is 2.19. The lowest BCUT2D eigenvalue weighted by Crippen LogP contribution is -2.39. The third kappa shape index (κ3) is 2.64. The van der Waals surface area contributed by atoms with Crippen LogP contribution in [0.1, 0.15) is 12.8 Å². The fourth-order valence-corrected chi connectivity index (χ4v) is 2.72. The molecule has 1 aromatic heterocycles. The summed E-state index contributed by atoms with van der Waals surface area (Å²) in [6.07, 6.45) is 1.94. The van der Waals surface area contributed by atoms with Gasteiger partial charge in [-0.05, 0) is 31.0 Å². The Labute approximate surface area is 121 Å². The Hall–Kier alpha value is -1.59. The van der Waals surface area contributed by atoms with E-state index in [-0.39, 0.29) is 11.9 Å². The smallest absolute Gasteiger partial charge is 0.150 e. The molecule has 1 aromatic carbocycles. The van der Waals surface area contributed by atoms with E-state index >= 15 is 0 Å². The van der Waals surface area contributed by atoms with E-state index in [0.717, 1.165) is 43.0 Å². The lowest BCUT2D eigenvalue weighted by Gasteiger charge is -2.29. The maximum atomic E-state index is 13.1. The Morgan fingerprint density at radius 3 is 2.75 bits per heavy atom. The predicted molar refractivity (Wildman–Crippen MR) is 78.4 cm³/mol. The van der Waals surface area contributed by atoms with Gasteiger partial charge in [0.25, 0.3) is 0 Å². The van der Waals surface area contributed by atoms with Gasteiger partial charge in [-0.15, -0.1) is 0 Å². The zero-order chi connectivity index (χ0) is 14.1. The van der Waals surface area contributed by atoms with Crippen LogP contribution in [0.5, 0.6) is 0 Å². The van der Waals surface area contributed by atoms with Gasteiger partial charge in [0, 0.05) is 30.8 Å². The highest BCUT2D eigenvalue weighted by Crippen LogP contribution is 2.29. The van der Waals surface area contributed by atoms with Crippen LogP contribution < -0.4 is 10.6 Å².